The van der Waals surface area contributed by atoms with Gasteiger partial charge in [0.05, 0.1) is 6.61 Å². The van der Waals surface area contributed by atoms with Crippen LogP contribution in [0.4, 0.5) is 0 Å². The third kappa shape index (κ3) is 4.69. The van der Waals surface area contributed by atoms with Gasteiger partial charge in [0.25, 0.3) is 0 Å². The molecule has 0 N–H and O–H groups in total. The van der Waals surface area contributed by atoms with E-state index in [9.17, 15) is 0 Å². The molecule has 1 aromatic rings. The van der Waals surface area contributed by atoms with Crippen LogP contribution in [0.25, 0.3) is 0 Å². The minimum absolute atomic E-state index is 0.521. The van der Waals surface area contributed by atoms with Crippen molar-refractivity contribution in [1.29, 1.82) is 0 Å². The van der Waals surface area contributed by atoms with E-state index in [0.717, 1.165) is 12.2 Å². The van der Waals surface area contributed by atoms with Crippen molar-refractivity contribution in [3.8, 4) is 11.8 Å². The van der Waals surface area contributed by atoms with Gasteiger partial charge in [-0.05, 0) is 18.1 Å². The van der Waals surface area contributed by atoms with Crippen molar-refractivity contribution < 1.29 is 4.74 Å². The number of hydrogen-bond donors (Lipinski definition) is 0. The standard InChI is InChI=1S/C13H16O/c1-12(2)11-14-10-6-9-13-7-4-3-5-8-13/h3-5,7-8,12H,10-11H2,1-2H3. The molecule has 14 heavy (non-hydrogen) atoms. The molecule has 0 heterocycles. The first-order valence-corrected chi connectivity index (χ1v) is 4.90. The Kier molecular flexibility index (Phi) is 4.82. The Labute approximate surface area is 86.1 Å². The van der Waals surface area contributed by atoms with Crippen molar-refractivity contribution >= 4 is 0 Å². The summed E-state index contributed by atoms with van der Waals surface area (Å²) in [6.07, 6.45) is 0. The molecule has 0 bridgehead atoms. The highest BCUT2D eigenvalue weighted by Gasteiger charge is 1.90. The summed E-state index contributed by atoms with van der Waals surface area (Å²) in [4.78, 5) is 0. The summed E-state index contributed by atoms with van der Waals surface area (Å²) in [7, 11) is 0. The van der Waals surface area contributed by atoms with E-state index in [-0.39, 0.29) is 0 Å². The molecule has 0 unspecified atom stereocenters. The van der Waals surface area contributed by atoms with Crippen molar-refractivity contribution in [2.75, 3.05) is 13.2 Å². The second kappa shape index (κ2) is 6.23. The van der Waals surface area contributed by atoms with Crippen LogP contribution >= 0.6 is 0 Å². The fourth-order valence-corrected chi connectivity index (χ4v) is 1.01. The molecule has 0 radical (unpaired) electrons. The van der Waals surface area contributed by atoms with Crippen LogP contribution in [-0.2, 0) is 4.74 Å². The molecule has 0 aliphatic rings. The van der Waals surface area contributed by atoms with Crippen molar-refractivity contribution in [2.24, 2.45) is 5.92 Å². The first-order valence-electron chi connectivity index (χ1n) is 4.90. The quantitative estimate of drug-likeness (QED) is 0.523. The number of hydrogen-bond acceptors (Lipinski definition) is 1. The lowest BCUT2D eigenvalue weighted by molar-refractivity contribution is 0.139. The third-order valence-electron chi connectivity index (χ3n) is 1.63. The Balaban J connectivity index is 2.28. The van der Waals surface area contributed by atoms with Gasteiger partial charge in [0.15, 0.2) is 0 Å². The molecule has 0 atom stereocenters. The summed E-state index contributed by atoms with van der Waals surface area (Å²) >= 11 is 0. The van der Waals surface area contributed by atoms with Crippen LogP contribution in [0, 0.1) is 17.8 Å². The number of ether oxygens (including phenoxy) is 1. The molecule has 0 aliphatic carbocycles. The average Bonchev–Trinajstić information content (AvgIpc) is 2.18. The van der Waals surface area contributed by atoms with Crippen LogP contribution in [0.2, 0.25) is 0 Å². The van der Waals surface area contributed by atoms with Gasteiger partial charge in [0.2, 0.25) is 0 Å². The Morgan fingerprint density at radius 3 is 2.57 bits per heavy atom. The molecule has 1 heteroatoms. The summed E-state index contributed by atoms with van der Waals surface area (Å²) in [6.45, 7) is 5.56. The number of benzene rings is 1. The Bertz CT molecular complexity index is 303. The monoisotopic (exact) mass is 188 g/mol. The first-order chi connectivity index (χ1) is 6.79. The van der Waals surface area contributed by atoms with Crippen molar-refractivity contribution in [3.05, 3.63) is 35.9 Å². The largest absolute Gasteiger partial charge is 0.369 e. The van der Waals surface area contributed by atoms with Crippen LogP contribution in [-0.4, -0.2) is 13.2 Å². The van der Waals surface area contributed by atoms with E-state index in [0.29, 0.717) is 12.5 Å². The van der Waals surface area contributed by atoms with Gasteiger partial charge in [-0.15, -0.1) is 0 Å². The normalized spacial score (nSPS) is 9.64. The summed E-state index contributed by atoms with van der Waals surface area (Å²) in [5.41, 5.74) is 1.04. The minimum Gasteiger partial charge on any atom is -0.369 e. The van der Waals surface area contributed by atoms with E-state index in [4.69, 9.17) is 4.74 Å². The van der Waals surface area contributed by atoms with Gasteiger partial charge in [-0.1, -0.05) is 43.9 Å². The smallest absolute Gasteiger partial charge is 0.108 e. The topological polar surface area (TPSA) is 9.23 Å². The van der Waals surface area contributed by atoms with Crippen LogP contribution in [0.5, 0.6) is 0 Å². The Hall–Kier alpha value is -1.26. The summed E-state index contributed by atoms with van der Waals surface area (Å²) in [5, 5.41) is 0. The lowest BCUT2D eigenvalue weighted by Crippen LogP contribution is -2.01. The summed E-state index contributed by atoms with van der Waals surface area (Å²) in [6, 6.07) is 9.95. The zero-order valence-corrected chi connectivity index (χ0v) is 8.79. The molecule has 74 valence electrons. The van der Waals surface area contributed by atoms with E-state index < -0.39 is 0 Å². The van der Waals surface area contributed by atoms with E-state index in [2.05, 4.69) is 25.7 Å². The van der Waals surface area contributed by atoms with E-state index >= 15 is 0 Å². The maximum atomic E-state index is 5.34. The van der Waals surface area contributed by atoms with Gasteiger partial charge < -0.3 is 4.74 Å². The fraction of sp³-hybridized carbons (Fsp3) is 0.385. The van der Waals surface area contributed by atoms with Gasteiger partial charge in [-0.2, -0.15) is 0 Å². The molecule has 0 amide bonds. The number of rotatable bonds is 3. The van der Waals surface area contributed by atoms with Crippen LogP contribution in [0.1, 0.15) is 19.4 Å². The molecule has 1 aromatic carbocycles. The highest BCUT2D eigenvalue weighted by Crippen LogP contribution is 1.95. The predicted octanol–water partition coefficient (Wildman–Crippen LogP) is 2.71. The molecular formula is C13H16O. The van der Waals surface area contributed by atoms with Crippen LogP contribution in [0.3, 0.4) is 0 Å². The maximum absolute atomic E-state index is 5.34. The zero-order valence-electron chi connectivity index (χ0n) is 8.79. The highest BCUT2D eigenvalue weighted by atomic mass is 16.5. The minimum atomic E-state index is 0.521. The highest BCUT2D eigenvalue weighted by molar-refractivity contribution is 5.33. The molecule has 0 aromatic heterocycles. The molecule has 1 rings (SSSR count). The maximum Gasteiger partial charge on any atom is 0.108 e. The van der Waals surface area contributed by atoms with Gasteiger partial charge in [-0.3, -0.25) is 0 Å². The van der Waals surface area contributed by atoms with Gasteiger partial charge >= 0.3 is 0 Å². The van der Waals surface area contributed by atoms with Crippen molar-refractivity contribution in [1.82, 2.24) is 0 Å². The molecule has 0 spiro atoms. The second-order valence-electron chi connectivity index (χ2n) is 3.58. The zero-order chi connectivity index (χ0) is 10.2. The van der Waals surface area contributed by atoms with Crippen molar-refractivity contribution in [2.45, 2.75) is 13.8 Å². The van der Waals surface area contributed by atoms with Crippen LogP contribution < -0.4 is 0 Å². The third-order valence-corrected chi connectivity index (χ3v) is 1.63. The predicted molar refractivity (Wildman–Crippen MR) is 59.0 cm³/mol. The Morgan fingerprint density at radius 1 is 1.21 bits per heavy atom. The lowest BCUT2D eigenvalue weighted by Gasteiger charge is -2.01. The molecule has 0 saturated carbocycles. The SMILES string of the molecule is CC(C)COCC#Cc1ccccc1. The molecule has 0 fully saturated rings. The lowest BCUT2D eigenvalue weighted by atomic mass is 10.2. The summed E-state index contributed by atoms with van der Waals surface area (Å²) < 4.78 is 5.34. The fourth-order valence-electron chi connectivity index (χ4n) is 1.01. The van der Waals surface area contributed by atoms with E-state index in [1.807, 2.05) is 30.3 Å². The molecular weight excluding hydrogens is 172 g/mol. The first kappa shape index (κ1) is 10.8. The Morgan fingerprint density at radius 2 is 1.93 bits per heavy atom. The second-order valence-corrected chi connectivity index (χ2v) is 3.58. The van der Waals surface area contributed by atoms with Gasteiger partial charge in [-0.25, -0.2) is 0 Å². The van der Waals surface area contributed by atoms with Gasteiger partial charge in [0.1, 0.15) is 6.61 Å². The average molecular weight is 188 g/mol. The van der Waals surface area contributed by atoms with Gasteiger partial charge in [0, 0.05) is 5.56 Å². The molecule has 0 saturated heterocycles. The van der Waals surface area contributed by atoms with Crippen LogP contribution in [0.15, 0.2) is 30.3 Å². The molecule has 1 nitrogen and oxygen atoms in total. The van der Waals surface area contributed by atoms with E-state index in [1.165, 1.54) is 0 Å². The van der Waals surface area contributed by atoms with E-state index in [1.54, 1.807) is 0 Å². The summed E-state index contributed by atoms with van der Waals surface area (Å²) in [5.74, 6) is 6.61. The van der Waals surface area contributed by atoms with Crippen molar-refractivity contribution in [3.63, 3.8) is 0 Å². The molecule has 0 aliphatic heterocycles.